The molecule has 0 heterocycles. The Labute approximate surface area is 153 Å². The first-order chi connectivity index (χ1) is 11.9. The van der Waals surface area contributed by atoms with E-state index in [0.717, 1.165) is 22.3 Å². The first-order valence-electron chi connectivity index (χ1n) is 7.73. The van der Waals surface area contributed by atoms with Gasteiger partial charge < -0.3 is 4.18 Å². The zero-order chi connectivity index (χ0) is 18.0. The van der Waals surface area contributed by atoms with Crippen LogP contribution in [0.4, 0.5) is 0 Å². The summed E-state index contributed by atoms with van der Waals surface area (Å²) in [5, 5.41) is 0.247. The quantitative estimate of drug-likeness (QED) is 0.576. The van der Waals surface area contributed by atoms with Crippen LogP contribution in [0.5, 0.6) is 5.75 Å². The number of rotatable bonds is 4. The van der Waals surface area contributed by atoms with Crippen LogP contribution >= 0.6 is 11.6 Å². The molecule has 128 valence electrons. The molecule has 0 atom stereocenters. The third-order valence-corrected chi connectivity index (χ3v) is 5.44. The van der Waals surface area contributed by atoms with Gasteiger partial charge in [-0.1, -0.05) is 59.6 Å². The van der Waals surface area contributed by atoms with Gasteiger partial charge in [0.2, 0.25) is 0 Å². The summed E-state index contributed by atoms with van der Waals surface area (Å²) < 4.78 is 30.0. The summed E-state index contributed by atoms with van der Waals surface area (Å²) in [6.45, 7) is 3.90. The van der Waals surface area contributed by atoms with Gasteiger partial charge in [-0.15, -0.1) is 0 Å². The molecule has 0 spiro atoms. The number of aryl methyl sites for hydroxylation is 2. The molecule has 0 saturated carbocycles. The number of halogens is 1. The van der Waals surface area contributed by atoms with Crippen molar-refractivity contribution in [3.63, 3.8) is 0 Å². The van der Waals surface area contributed by atoms with Crippen molar-refractivity contribution in [1.29, 1.82) is 0 Å². The molecule has 0 aliphatic rings. The molecule has 0 radical (unpaired) electrons. The maximum absolute atomic E-state index is 12.4. The average molecular weight is 373 g/mol. The Hall–Kier alpha value is -2.30. The Morgan fingerprint density at radius 2 is 1.56 bits per heavy atom. The first kappa shape index (κ1) is 17.5. The van der Waals surface area contributed by atoms with Gasteiger partial charge in [0.25, 0.3) is 0 Å². The molecular formula is C20H17ClO3S. The highest BCUT2D eigenvalue weighted by Crippen LogP contribution is 2.33. The minimum absolute atomic E-state index is 0.0946. The van der Waals surface area contributed by atoms with Crippen molar-refractivity contribution in [1.82, 2.24) is 0 Å². The van der Waals surface area contributed by atoms with Crippen molar-refractivity contribution in [2.45, 2.75) is 18.7 Å². The predicted octanol–water partition coefficient (Wildman–Crippen LogP) is 5.39. The van der Waals surface area contributed by atoms with Crippen LogP contribution in [0.15, 0.2) is 71.6 Å². The lowest BCUT2D eigenvalue weighted by Crippen LogP contribution is -2.10. The molecule has 3 aromatic rings. The second kappa shape index (κ2) is 6.90. The normalized spacial score (nSPS) is 11.3. The molecule has 0 aliphatic heterocycles. The smallest absolute Gasteiger partial charge is 0.339 e. The van der Waals surface area contributed by atoms with Gasteiger partial charge in [-0.3, -0.25) is 0 Å². The van der Waals surface area contributed by atoms with Gasteiger partial charge in [-0.05, 0) is 54.8 Å². The van der Waals surface area contributed by atoms with Gasteiger partial charge in [-0.2, -0.15) is 8.42 Å². The zero-order valence-corrected chi connectivity index (χ0v) is 15.4. The number of hydrogen-bond donors (Lipinski definition) is 0. The number of hydrogen-bond acceptors (Lipinski definition) is 3. The molecule has 0 amide bonds. The summed E-state index contributed by atoms with van der Waals surface area (Å²) in [5.74, 6) is 0.111. The van der Waals surface area contributed by atoms with Crippen molar-refractivity contribution >= 4 is 21.7 Å². The van der Waals surface area contributed by atoms with Crippen LogP contribution in [-0.2, 0) is 10.1 Å². The summed E-state index contributed by atoms with van der Waals surface area (Å²) in [4.78, 5) is 0.0946. The minimum atomic E-state index is -3.92. The molecule has 0 unspecified atom stereocenters. The standard InChI is InChI=1S/C20H17ClO3S/c1-14-7-10-17(11-8-14)25(22,23)24-20-12-9-16(13-19(20)21)18-6-4-3-5-15(18)2/h3-13H,1-2H3. The van der Waals surface area contributed by atoms with E-state index in [1.54, 1.807) is 30.3 Å². The minimum Gasteiger partial charge on any atom is -0.377 e. The fourth-order valence-electron chi connectivity index (χ4n) is 2.50. The number of benzene rings is 3. The predicted molar refractivity (Wildman–Crippen MR) is 101 cm³/mol. The van der Waals surface area contributed by atoms with Gasteiger partial charge in [-0.25, -0.2) is 0 Å². The summed E-state index contributed by atoms with van der Waals surface area (Å²) in [6, 6.07) is 19.5. The summed E-state index contributed by atoms with van der Waals surface area (Å²) in [7, 11) is -3.92. The second-order valence-electron chi connectivity index (χ2n) is 5.81. The second-order valence-corrected chi connectivity index (χ2v) is 7.76. The highest BCUT2D eigenvalue weighted by Gasteiger charge is 2.18. The Bertz CT molecular complexity index is 1010. The van der Waals surface area contributed by atoms with E-state index in [0.29, 0.717) is 0 Å². The Morgan fingerprint density at radius 3 is 2.20 bits per heavy atom. The van der Waals surface area contributed by atoms with Gasteiger partial charge in [0, 0.05) is 0 Å². The molecule has 25 heavy (non-hydrogen) atoms. The monoisotopic (exact) mass is 372 g/mol. The molecule has 0 aliphatic carbocycles. The van der Waals surface area contributed by atoms with Crippen LogP contribution in [0.2, 0.25) is 5.02 Å². The lowest BCUT2D eigenvalue weighted by Gasteiger charge is -2.11. The van der Waals surface area contributed by atoms with Crippen molar-refractivity contribution in [2.24, 2.45) is 0 Å². The van der Waals surface area contributed by atoms with Crippen LogP contribution < -0.4 is 4.18 Å². The first-order valence-corrected chi connectivity index (χ1v) is 9.52. The van der Waals surface area contributed by atoms with E-state index >= 15 is 0 Å². The molecule has 0 N–H and O–H groups in total. The van der Waals surface area contributed by atoms with E-state index in [-0.39, 0.29) is 15.7 Å². The fourth-order valence-corrected chi connectivity index (χ4v) is 3.72. The highest BCUT2D eigenvalue weighted by molar-refractivity contribution is 7.87. The topological polar surface area (TPSA) is 43.4 Å². The molecule has 0 aromatic heterocycles. The van der Waals surface area contributed by atoms with Crippen LogP contribution in [0, 0.1) is 13.8 Å². The highest BCUT2D eigenvalue weighted by atomic mass is 35.5. The third kappa shape index (κ3) is 3.86. The molecule has 0 fully saturated rings. The third-order valence-electron chi connectivity index (χ3n) is 3.90. The van der Waals surface area contributed by atoms with E-state index in [2.05, 4.69) is 0 Å². The van der Waals surface area contributed by atoms with Gasteiger partial charge >= 0.3 is 10.1 Å². The van der Waals surface area contributed by atoms with E-state index in [1.165, 1.54) is 12.1 Å². The average Bonchev–Trinajstić information content (AvgIpc) is 2.57. The van der Waals surface area contributed by atoms with E-state index < -0.39 is 10.1 Å². The molecule has 3 aromatic carbocycles. The molecule has 3 rings (SSSR count). The SMILES string of the molecule is Cc1ccc(S(=O)(=O)Oc2ccc(-c3ccccc3C)cc2Cl)cc1. The van der Waals surface area contributed by atoms with Gasteiger partial charge in [0.05, 0.1) is 5.02 Å². The largest absolute Gasteiger partial charge is 0.377 e. The van der Waals surface area contributed by atoms with E-state index in [4.69, 9.17) is 15.8 Å². The molecule has 0 saturated heterocycles. The molecule has 5 heteroatoms. The van der Waals surface area contributed by atoms with E-state index in [9.17, 15) is 8.42 Å². The van der Waals surface area contributed by atoms with Crippen molar-refractivity contribution in [3.05, 3.63) is 82.9 Å². The fraction of sp³-hybridized carbons (Fsp3) is 0.100. The summed E-state index contributed by atoms with van der Waals surface area (Å²) in [5.41, 5.74) is 4.03. The Morgan fingerprint density at radius 1 is 0.880 bits per heavy atom. The summed E-state index contributed by atoms with van der Waals surface area (Å²) >= 11 is 6.26. The van der Waals surface area contributed by atoms with Gasteiger partial charge in [0.1, 0.15) is 4.90 Å². The van der Waals surface area contributed by atoms with Crippen LogP contribution in [0.1, 0.15) is 11.1 Å². The van der Waals surface area contributed by atoms with E-state index in [1.807, 2.05) is 38.1 Å². The Kier molecular flexibility index (Phi) is 4.84. The van der Waals surface area contributed by atoms with Crippen molar-refractivity contribution in [3.8, 4) is 16.9 Å². The lowest BCUT2D eigenvalue weighted by molar-refractivity contribution is 0.486. The maximum Gasteiger partial charge on any atom is 0.339 e. The lowest BCUT2D eigenvalue weighted by atomic mass is 10.0. The molecule has 3 nitrogen and oxygen atoms in total. The summed E-state index contributed by atoms with van der Waals surface area (Å²) in [6.07, 6.45) is 0. The zero-order valence-electron chi connectivity index (χ0n) is 13.9. The van der Waals surface area contributed by atoms with Gasteiger partial charge in [0.15, 0.2) is 5.75 Å². The van der Waals surface area contributed by atoms with Crippen LogP contribution in [-0.4, -0.2) is 8.42 Å². The van der Waals surface area contributed by atoms with Crippen LogP contribution in [0.3, 0.4) is 0 Å². The Balaban J connectivity index is 1.91. The molecule has 0 bridgehead atoms. The maximum atomic E-state index is 12.4. The van der Waals surface area contributed by atoms with Crippen molar-refractivity contribution < 1.29 is 12.6 Å². The van der Waals surface area contributed by atoms with Crippen molar-refractivity contribution in [2.75, 3.05) is 0 Å². The molecular weight excluding hydrogens is 356 g/mol. The van der Waals surface area contributed by atoms with Crippen LogP contribution in [0.25, 0.3) is 11.1 Å².